The first-order chi connectivity index (χ1) is 16.4. The zero-order chi connectivity index (χ0) is 24.1. The van der Waals surface area contributed by atoms with Crippen LogP contribution in [0.2, 0.25) is 0 Å². The largest absolute Gasteiger partial charge is 0.362 e. The number of nitrogens with zero attached hydrogens (tertiary/aromatic N) is 3. The summed E-state index contributed by atoms with van der Waals surface area (Å²) >= 11 is 0. The SMILES string of the molecule is CN(C)c1nc(N[C@H]2CC[C@@H](NC(=O)CCC(=O)c3ccc(F)cc3)CC2)nc2c1CCCC2. The second-order valence-electron chi connectivity index (χ2n) is 9.59. The maximum atomic E-state index is 13.0. The van der Waals surface area contributed by atoms with Gasteiger partial charge in [-0.15, -0.1) is 0 Å². The molecule has 2 N–H and O–H groups in total. The quantitative estimate of drug-likeness (QED) is 0.570. The van der Waals surface area contributed by atoms with Gasteiger partial charge in [-0.05, 0) is 75.6 Å². The van der Waals surface area contributed by atoms with E-state index in [4.69, 9.17) is 9.97 Å². The predicted octanol–water partition coefficient (Wildman–Crippen LogP) is 4.06. The van der Waals surface area contributed by atoms with Crippen molar-refractivity contribution in [3.05, 3.63) is 46.9 Å². The number of halogens is 1. The van der Waals surface area contributed by atoms with Gasteiger partial charge in [-0.2, -0.15) is 4.98 Å². The van der Waals surface area contributed by atoms with Crippen LogP contribution in [0.25, 0.3) is 0 Å². The first kappa shape index (κ1) is 24.1. The number of Topliss-reactive ketones (excluding diaryl/α,β-unsaturated/α-hetero) is 1. The van der Waals surface area contributed by atoms with Crippen LogP contribution in [0.1, 0.15) is 73.0 Å². The smallest absolute Gasteiger partial charge is 0.225 e. The third kappa shape index (κ3) is 6.10. The van der Waals surface area contributed by atoms with E-state index in [9.17, 15) is 14.0 Å². The summed E-state index contributed by atoms with van der Waals surface area (Å²) in [4.78, 5) is 36.2. The Bertz CT molecular complexity index is 1020. The van der Waals surface area contributed by atoms with E-state index < -0.39 is 0 Å². The number of fused-ring (bicyclic) bond motifs is 1. The molecule has 4 rings (SSSR count). The molecule has 1 amide bonds. The van der Waals surface area contributed by atoms with Crippen LogP contribution >= 0.6 is 0 Å². The highest BCUT2D eigenvalue weighted by Crippen LogP contribution is 2.29. The Morgan fingerprint density at radius 3 is 2.35 bits per heavy atom. The van der Waals surface area contributed by atoms with E-state index in [0.29, 0.717) is 11.5 Å². The Hall–Kier alpha value is -3.03. The van der Waals surface area contributed by atoms with Crippen molar-refractivity contribution >= 4 is 23.5 Å². The maximum Gasteiger partial charge on any atom is 0.225 e. The molecule has 0 unspecified atom stereocenters. The minimum Gasteiger partial charge on any atom is -0.362 e. The van der Waals surface area contributed by atoms with E-state index in [1.165, 1.54) is 48.4 Å². The molecule has 0 radical (unpaired) electrons. The number of nitrogens with one attached hydrogen (secondary N) is 2. The Labute approximate surface area is 200 Å². The first-order valence-electron chi connectivity index (χ1n) is 12.3. The average molecular weight is 468 g/mol. The summed E-state index contributed by atoms with van der Waals surface area (Å²) in [6, 6.07) is 5.83. The average Bonchev–Trinajstić information content (AvgIpc) is 2.83. The molecule has 0 atom stereocenters. The monoisotopic (exact) mass is 467 g/mol. The van der Waals surface area contributed by atoms with Crippen molar-refractivity contribution in [2.45, 2.75) is 76.3 Å². The second-order valence-corrected chi connectivity index (χ2v) is 9.59. The van der Waals surface area contributed by atoms with Crippen LogP contribution in [-0.2, 0) is 17.6 Å². The lowest BCUT2D eigenvalue weighted by Crippen LogP contribution is -2.40. The highest BCUT2D eigenvalue weighted by Gasteiger charge is 2.25. The van der Waals surface area contributed by atoms with Gasteiger partial charge in [-0.1, -0.05) is 0 Å². The van der Waals surface area contributed by atoms with Gasteiger partial charge in [-0.25, -0.2) is 9.37 Å². The van der Waals surface area contributed by atoms with E-state index in [1.54, 1.807) is 0 Å². The molecule has 1 saturated carbocycles. The molecule has 2 aliphatic carbocycles. The van der Waals surface area contributed by atoms with Gasteiger partial charge in [-0.3, -0.25) is 9.59 Å². The molecule has 182 valence electrons. The molecule has 1 fully saturated rings. The topological polar surface area (TPSA) is 87.2 Å². The molecule has 7 nitrogen and oxygen atoms in total. The summed E-state index contributed by atoms with van der Waals surface area (Å²) < 4.78 is 13.0. The number of benzene rings is 1. The van der Waals surface area contributed by atoms with Gasteiger partial charge < -0.3 is 15.5 Å². The van der Waals surface area contributed by atoms with Crippen molar-refractivity contribution in [3.63, 3.8) is 0 Å². The van der Waals surface area contributed by atoms with Gasteiger partial charge in [0.25, 0.3) is 0 Å². The molecule has 2 aromatic rings. The Balaban J connectivity index is 1.23. The molecule has 1 aromatic heterocycles. The number of carbonyl (C=O) groups is 2. The fraction of sp³-hybridized carbons (Fsp3) is 0.538. The predicted molar refractivity (Wildman–Crippen MR) is 131 cm³/mol. The number of aromatic nitrogens is 2. The van der Waals surface area contributed by atoms with Gasteiger partial charge in [0, 0.05) is 50.1 Å². The summed E-state index contributed by atoms with van der Waals surface area (Å²) in [5.41, 5.74) is 2.89. The Morgan fingerprint density at radius 1 is 0.971 bits per heavy atom. The third-order valence-corrected chi connectivity index (χ3v) is 6.76. The van der Waals surface area contributed by atoms with Gasteiger partial charge in [0.05, 0.1) is 5.69 Å². The number of rotatable bonds is 8. The Morgan fingerprint density at radius 2 is 1.65 bits per heavy atom. The number of anilines is 2. The van der Waals surface area contributed by atoms with E-state index in [0.717, 1.165) is 44.3 Å². The van der Waals surface area contributed by atoms with Gasteiger partial charge in [0.15, 0.2) is 5.78 Å². The van der Waals surface area contributed by atoms with Crippen LogP contribution in [0.4, 0.5) is 16.2 Å². The summed E-state index contributed by atoms with van der Waals surface area (Å²) in [5.74, 6) is 1.08. The number of amides is 1. The molecule has 0 aliphatic heterocycles. The van der Waals surface area contributed by atoms with Crippen molar-refractivity contribution in [1.29, 1.82) is 0 Å². The van der Waals surface area contributed by atoms with Crippen molar-refractivity contribution in [2.75, 3.05) is 24.3 Å². The molecule has 34 heavy (non-hydrogen) atoms. The summed E-state index contributed by atoms with van der Waals surface area (Å²) in [7, 11) is 4.06. The van der Waals surface area contributed by atoms with Crippen LogP contribution < -0.4 is 15.5 Å². The lowest BCUT2D eigenvalue weighted by atomic mass is 9.91. The van der Waals surface area contributed by atoms with Crippen molar-refractivity contribution in [1.82, 2.24) is 15.3 Å². The second kappa shape index (κ2) is 10.9. The normalized spacial score (nSPS) is 19.7. The number of hydrogen-bond acceptors (Lipinski definition) is 6. The zero-order valence-corrected chi connectivity index (χ0v) is 20.1. The first-order valence-corrected chi connectivity index (χ1v) is 12.3. The van der Waals surface area contributed by atoms with Crippen molar-refractivity contribution < 1.29 is 14.0 Å². The number of ketones is 1. The maximum absolute atomic E-state index is 13.0. The van der Waals surface area contributed by atoms with Crippen LogP contribution in [0.3, 0.4) is 0 Å². The van der Waals surface area contributed by atoms with Gasteiger partial charge >= 0.3 is 0 Å². The lowest BCUT2D eigenvalue weighted by molar-refractivity contribution is -0.122. The number of aryl methyl sites for hydroxylation is 1. The van der Waals surface area contributed by atoms with E-state index >= 15 is 0 Å². The number of carbonyl (C=O) groups excluding carboxylic acids is 2. The zero-order valence-electron chi connectivity index (χ0n) is 20.1. The van der Waals surface area contributed by atoms with Crippen LogP contribution in [-0.4, -0.2) is 47.8 Å². The fourth-order valence-electron chi connectivity index (χ4n) is 4.88. The molecular weight excluding hydrogens is 433 g/mol. The van der Waals surface area contributed by atoms with Crippen LogP contribution in [0, 0.1) is 5.82 Å². The summed E-state index contributed by atoms with van der Waals surface area (Å²) in [5, 5.41) is 6.60. The van der Waals surface area contributed by atoms with E-state index in [2.05, 4.69) is 15.5 Å². The highest BCUT2D eigenvalue weighted by molar-refractivity contribution is 5.97. The molecular formula is C26H34FN5O2. The van der Waals surface area contributed by atoms with Crippen LogP contribution in [0.5, 0.6) is 0 Å². The molecule has 1 aromatic carbocycles. The van der Waals surface area contributed by atoms with Gasteiger partial charge in [0.1, 0.15) is 11.6 Å². The fourth-order valence-corrected chi connectivity index (χ4v) is 4.88. The van der Waals surface area contributed by atoms with Crippen molar-refractivity contribution in [3.8, 4) is 0 Å². The van der Waals surface area contributed by atoms with Gasteiger partial charge in [0.2, 0.25) is 11.9 Å². The lowest BCUT2D eigenvalue weighted by Gasteiger charge is -2.30. The minimum absolute atomic E-state index is 0.111. The molecule has 0 bridgehead atoms. The van der Waals surface area contributed by atoms with E-state index in [-0.39, 0.29) is 42.4 Å². The standard InChI is InChI=1S/C26H34FN5O2/c1-32(2)25-21-5-3-4-6-22(21)30-26(31-25)29-20-13-11-19(12-14-20)28-24(34)16-15-23(33)17-7-9-18(27)10-8-17/h7-10,19-20H,3-6,11-16H2,1-2H3,(H,28,34)(H,29,30,31)/t19-,20+. The molecule has 0 spiro atoms. The third-order valence-electron chi connectivity index (χ3n) is 6.76. The molecule has 8 heteroatoms. The molecule has 1 heterocycles. The highest BCUT2D eigenvalue weighted by atomic mass is 19.1. The van der Waals surface area contributed by atoms with E-state index in [1.807, 2.05) is 14.1 Å². The molecule has 0 saturated heterocycles. The summed E-state index contributed by atoms with van der Waals surface area (Å²) in [6.45, 7) is 0. The van der Waals surface area contributed by atoms with Crippen molar-refractivity contribution in [2.24, 2.45) is 0 Å². The Kier molecular flexibility index (Phi) is 7.75. The molecule has 2 aliphatic rings. The summed E-state index contributed by atoms with van der Waals surface area (Å²) in [6.07, 6.45) is 8.30. The number of hydrogen-bond donors (Lipinski definition) is 2. The van der Waals surface area contributed by atoms with Crippen LogP contribution in [0.15, 0.2) is 24.3 Å². The minimum atomic E-state index is -0.379.